The van der Waals surface area contributed by atoms with Crippen molar-refractivity contribution in [2.45, 2.75) is 19.9 Å². The highest BCUT2D eigenvalue weighted by Gasteiger charge is 2.11. The highest BCUT2D eigenvalue weighted by Crippen LogP contribution is 2.18. The summed E-state index contributed by atoms with van der Waals surface area (Å²) in [5, 5.41) is 0. The van der Waals surface area contributed by atoms with Crippen LogP contribution in [0.25, 0.3) is 11.0 Å². The van der Waals surface area contributed by atoms with Crippen LogP contribution in [0.5, 0.6) is 0 Å². The van der Waals surface area contributed by atoms with Gasteiger partial charge in [-0.3, -0.25) is 9.55 Å². The van der Waals surface area contributed by atoms with E-state index in [-0.39, 0.29) is 11.7 Å². The molecule has 0 spiro atoms. The van der Waals surface area contributed by atoms with E-state index < -0.39 is 0 Å². The molecule has 74 valence electrons. The van der Waals surface area contributed by atoms with Crippen molar-refractivity contribution in [3.8, 4) is 0 Å². The van der Waals surface area contributed by atoms with Gasteiger partial charge in [-0.2, -0.15) is 0 Å². The second kappa shape index (κ2) is 2.87. The molecule has 5 nitrogen and oxygen atoms in total. The van der Waals surface area contributed by atoms with Gasteiger partial charge in [0.1, 0.15) is 0 Å². The normalized spacial score (nSPS) is 11.4. The number of fused-ring (bicyclic) bond motifs is 1. The second-order valence-corrected chi connectivity index (χ2v) is 3.52. The summed E-state index contributed by atoms with van der Waals surface area (Å²) in [6, 6.07) is 0.0842. The maximum Gasteiger partial charge on any atom is 0.326 e. The average molecular weight is 192 g/mol. The lowest BCUT2D eigenvalue weighted by Gasteiger charge is -2.07. The van der Waals surface area contributed by atoms with Crippen LogP contribution in [-0.4, -0.2) is 14.5 Å². The first-order valence-corrected chi connectivity index (χ1v) is 4.45. The van der Waals surface area contributed by atoms with Crippen LogP contribution in [0, 0.1) is 0 Å². The SMILES string of the molecule is CC(C)n1c(=O)[nH]c2cncc(N)c21. The Hall–Kier alpha value is -1.78. The van der Waals surface area contributed by atoms with E-state index in [1.165, 1.54) is 0 Å². The minimum Gasteiger partial charge on any atom is -0.396 e. The summed E-state index contributed by atoms with van der Waals surface area (Å²) in [6.45, 7) is 3.88. The zero-order chi connectivity index (χ0) is 10.3. The van der Waals surface area contributed by atoms with E-state index >= 15 is 0 Å². The molecule has 14 heavy (non-hydrogen) atoms. The van der Waals surface area contributed by atoms with Crippen molar-refractivity contribution in [1.29, 1.82) is 0 Å². The van der Waals surface area contributed by atoms with Crippen molar-refractivity contribution in [2.24, 2.45) is 0 Å². The highest BCUT2D eigenvalue weighted by molar-refractivity contribution is 5.86. The van der Waals surface area contributed by atoms with Crippen LogP contribution in [0.2, 0.25) is 0 Å². The average Bonchev–Trinajstić information content (AvgIpc) is 2.42. The molecule has 2 rings (SSSR count). The van der Waals surface area contributed by atoms with Gasteiger partial charge in [0.05, 0.1) is 29.1 Å². The lowest BCUT2D eigenvalue weighted by atomic mass is 10.3. The number of nitrogen functional groups attached to an aromatic ring is 1. The van der Waals surface area contributed by atoms with Crippen LogP contribution < -0.4 is 11.4 Å². The summed E-state index contributed by atoms with van der Waals surface area (Å²) in [6.07, 6.45) is 3.15. The summed E-state index contributed by atoms with van der Waals surface area (Å²) in [5.74, 6) is 0. The molecule has 0 aliphatic rings. The predicted octanol–water partition coefficient (Wildman–Crippen LogP) is 0.888. The number of hydrogen-bond donors (Lipinski definition) is 2. The maximum atomic E-state index is 11.6. The Labute approximate surface area is 80.6 Å². The van der Waals surface area contributed by atoms with Gasteiger partial charge in [0.15, 0.2) is 0 Å². The Kier molecular flexibility index (Phi) is 1.80. The third-order valence-electron chi connectivity index (χ3n) is 2.16. The van der Waals surface area contributed by atoms with Crippen LogP contribution in [0.3, 0.4) is 0 Å². The van der Waals surface area contributed by atoms with E-state index in [4.69, 9.17) is 5.73 Å². The summed E-state index contributed by atoms with van der Waals surface area (Å²) < 4.78 is 1.63. The quantitative estimate of drug-likeness (QED) is 0.704. The molecule has 5 heteroatoms. The number of hydrogen-bond acceptors (Lipinski definition) is 3. The molecule has 0 saturated heterocycles. The van der Waals surface area contributed by atoms with Crippen LogP contribution in [-0.2, 0) is 0 Å². The molecule has 0 aromatic carbocycles. The third kappa shape index (κ3) is 1.09. The second-order valence-electron chi connectivity index (χ2n) is 3.52. The number of rotatable bonds is 1. The van der Waals surface area contributed by atoms with E-state index in [2.05, 4.69) is 9.97 Å². The molecular formula is C9H12N4O. The first-order chi connectivity index (χ1) is 6.61. The van der Waals surface area contributed by atoms with Gasteiger partial charge in [-0.25, -0.2) is 4.79 Å². The molecule has 2 heterocycles. The van der Waals surface area contributed by atoms with Gasteiger partial charge in [-0.1, -0.05) is 0 Å². The lowest BCUT2D eigenvalue weighted by molar-refractivity contribution is 0.598. The molecular weight excluding hydrogens is 180 g/mol. The molecule has 2 aromatic heterocycles. The fourth-order valence-corrected chi connectivity index (χ4v) is 1.60. The molecule has 0 fully saturated rings. The molecule has 0 aliphatic heterocycles. The molecule has 0 aliphatic carbocycles. The van der Waals surface area contributed by atoms with Gasteiger partial charge < -0.3 is 10.7 Å². The maximum absolute atomic E-state index is 11.6. The fourth-order valence-electron chi connectivity index (χ4n) is 1.60. The lowest BCUT2D eigenvalue weighted by Crippen LogP contribution is -2.18. The zero-order valence-electron chi connectivity index (χ0n) is 8.11. The van der Waals surface area contributed by atoms with Crippen LogP contribution in [0.1, 0.15) is 19.9 Å². The number of nitrogens with zero attached hydrogens (tertiary/aromatic N) is 2. The van der Waals surface area contributed by atoms with Gasteiger partial charge in [0.25, 0.3) is 0 Å². The third-order valence-corrected chi connectivity index (χ3v) is 2.16. The van der Waals surface area contributed by atoms with Gasteiger partial charge >= 0.3 is 5.69 Å². The van der Waals surface area contributed by atoms with Gasteiger partial charge in [0.2, 0.25) is 0 Å². The molecule has 2 aromatic rings. The van der Waals surface area contributed by atoms with Crippen LogP contribution in [0.4, 0.5) is 5.69 Å². The highest BCUT2D eigenvalue weighted by atomic mass is 16.1. The number of nitrogens with two attached hydrogens (primary N) is 1. The minimum atomic E-state index is -0.144. The summed E-state index contributed by atoms with van der Waals surface area (Å²) in [5.41, 5.74) is 7.56. The van der Waals surface area contributed by atoms with Gasteiger partial charge in [-0.05, 0) is 13.8 Å². The number of pyridine rings is 1. The van der Waals surface area contributed by atoms with E-state index in [1.54, 1.807) is 17.0 Å². The Morgan fingerprint density at radius 1 is 1.50 bits per heavy atom. The zero-order valence-corrected chi connectivity index (χ0v) is 8.11. The number of imidazole rings is 1. The van der Waals surface area contributed by atoms with Gasteiger partial charge in [-0.15, -0.1) is 0 Å². The monoisotopic (exact) mass is 192 g/mol. The number of aromatic amines is 1. The topological polar surface area (TPSA) is 76.7 Å². The number of anilines is 1. The Morgan fingerprint density at radius 3 is 2.86 bits per heavy atom. The molecule has 0 unspecified atom stereocenters. The Morgan fingerprint density at radius 2 is 2.21 bits per heavy atom. The van der Waals surface area contributed by atoms with E-state index in [9.17, 15) is 4.79 Å². The summed E-state index contributed by atoms with van der Waals surface area (Å²) in [7, 11) is 0. The van der Waals surface area contributed by atoms with Crippen LogP contribution in [0.15, 0.2) is 17.2 Å². The van der Waals surface area contributed by atoms with E-state index in [0.717, 1.165) is 5.52 Å². The first-order valence-electron chi connectivity index (χ1n) is 4.45. The summed E-state index contributed by atoms with van der Waals surface area (Å²) >= 11 is 0. The number of H-pyrrole nitrogens is 1. The van der Waals surface area contributed by atoms with Crippen molar-refractivity contribution in [1.82, 2.24) is 14.5 Å². The van der Waals surface area contributed by atoms with Crippen molar-refractivity contribution < 1.29 is 0 Å². The van der Waals surface area contributed by atoms with Crippen molar-refractivity contribution in [2.75, 3.05) is 5.73 Å². The largest absolute Gasteiger partial charge is 0.396 e. The van der Waals surface area contributed by atoms with Crippen molar-refractivity contribution in [3.05, 3.63) is 22.9 Å². The standard InChI is InChI=1S/C9H12N4O/c1-5(2)13-8-6(10)3-11-4-7(8)12-9(13)14/h3-5H,10H2,1-2H3,(H,12,14). The fraction of sp³-hybridized carbons (Fsp3) is 0.333. The van der Waals surface area contributed by atoms with Crippen LogP contribution >= 0.6 is 0 Å². The molecule has 0 atom stereocenters. The molecule has 0 bridgehead atoms. The van der Waals surface area contributed by atoms with Gasteiger partial charge in [0, 0.05) is 6.04 Å². The predicted molar refractivity (Wildman–Crippen MR) is 55.2 cm³/mol. The Balaban J connectivity index is 2.94. The minimum absolute atomic E-state index is 0.0842. The molecule has 3 N–H and O–H groups in total. The van der Waals surface area contributed by atoms with Crippen molar-refractivity contribution in [3.63, 3.8) is 0 Å². The molecule has 0 saturated carbocycles. The van der Waals surface area contributed by atoms with Crippen molar-refractivity contribution >= 4 is 16.7 Å². The Bertz CT molecular complexity index is 523. The first kappa shape index (κ1) is 8.80. The number of aromatic nitrogens is 3. The van der Waals surface area contributed by atoms with E-state index in [0.29, 0.717) is 11.2 Å². The number of nitrogens with one attached hydrogen (secondary N) is 1. The molecule has 0 radical (unpaired) electrons. The molecule has 0 amide bonds. The smallest absolute Gasteiger partial charge is 0.326 e. The van der Waals surface area contributed by atoms with E-state index in [1.807, 2.05) is 13.8 Å². The summed E-state index contributed by atoms with van der Waals surface area (Å²) in [4.78, 5) is 18.2.